The lowest BCUT2D eigenvalue weighted by atomic mass is 9.96. The van der Waals surface area contributed by atoms with Gasteiger partial charge in [0.2, 0.25) is 0 Å². The summed E-state index contributed by atoms with van der Waals surface area (Å²) in [7, 11) is 0. The van der Waals surface area contributed by atoms with E-state index in [4.69, 9.17) is 15.0 Å². The van der Waals surface area contributed by atoms with Crippen molar-refractivity contribution in [3.8, 4) is 73.2 Å². The van der Waals surface area contributed by atoms with Crippen LogP contribution in [0.15, 0.2) is 206 Å². The second-order valence-electron chi connectivity index (χ2n) is 13.7. The molecule has 0 radical (unpaired) electrons. The molecule has 10 rings (SSSR count). The van der Waals surface area contributed by atoms with Gasteiger partial charge in [-0.2, -0.15) is 0 Å². The van der Waals surface area contributed by atoms with Crippen LogP contribution in [-0.2, 0) is 0 Å². The van der Waals surface area contributed by atoms with Gasteiger partial charge in [-0.05, 0) is 75.8 Å². The Morgan fingerprint density at radius 2 is 0.727 bits per heavy atom. The van der Waals surface area contributed by atoms with Crippen LogP contribution in [0.1, 0.15) is 0 Å². The Hall–Kier alpha value is -7.43. The second kappa shape index (κ2) is 13.8. The van der Waals surface area contributed by atoms with E-state index in [9.17, 15) is 0 Å². The largest absolute Gasteiger partial charge is 0.309 e. The molecule has 0 saturated carbocycles. The van der Waals surface area contributed by atoms with E-state index in [1.165, 1.54) is 11.1 Å². The zero-order valence-electron chi connectivity index (χ0n) is 29.9. The highest BCUT2D eigenvalue weighted by molar-refractivity contribution is 6.15. The number of nitrogens with zero attached hydrogens (tertiary/aromatic N) is 4. The van der Waals surface area contributed by atoms with Crippen molar-refractivity contribution in [3.05, 3.63) is 206 Å². The van der Waals surface area contributed by atoms with E-state index < -0.39 is 0 Å². The van der Waals surface area contributed by atoms with Crippen molar-refractivity contribution in [1.82, 2.24) is 19.5 Å². The van der Waals surface area contributed by atoms with Crippen LogP contribution in [0.25, 0.3) is 95.0 Å². The predicted molar refractivity (Wildman–Crippen MR) is 227 cm³/mol. The summed E-state index contributed by atoms with van der Waals surface area (Å²) in [5.41, 5.74) is 13.0. The molecular formula is C51H34N4. The smallest absolute Gasteiger partial charge is 0.164 e. The molecule has 55 heavy (non-hydrogen) atoms. The number of rotatable bonds is 7. The summed E-state index contributed by atoms with van der Waals surface area (Å²) >= 11 is 0. The zero-order valence-corrected chi connectivity index (χ0v) is 29.9. The van der Waals surface area contributed by atoms with Gasteiger partial charge in [-0.15, -0.1) is 0 Å². The van der Waals surface area contributed by atoms with Crippen LogP contribution in [0.5, 0.6) is 0 Å². The summed E-state index contributed by atoms with van der Waals surface area (Å²) in [6, 6.07) is 72.2. The molecule has 0 amide bonds. The third-order valence-corrected chi connectivity index (χ3v) is 10.2. The molecule has 4 nitrogen and oxygen atoms in total. The minimum Gasteiger partial charge on any atom is -0.309 e. The molecule has 258 valence electrons. The van der Waals surface area contributed by atoms with Crippen molar-refractivity contribution in [1.29, 1.82) is 0 Å². The van der Waals surface area contributed by atoms with E-state index in [-0.39, 0.29) is 0 Å². The Kier molecular flexibility index (Phi) is 8.12. The first kappa shape index (κ1) is 32.2. The number of fused-ring (bicyclic) bond motifs is 3. The Balaban J connectivity index is 1.19. The maximum Gasteiger partial charge on any atom is 0.164 e. The molecule has 2 heterocycles. The number of hydrogen-bond acceptors (Lipinski definition) is 3. The lowest BCUT2D eigenvalue weighted by Crippen LogP contribution is -2.01. The average Bonchev–Trinajstić information content (AvgIpc) is 3.62. The highest BCUT2D eigenvalue weighted by Crippen LogP contribution is 2.39. The van der Waals surface area contributed by atoms with Crippen molar-refractivity contribution >= 4 is 21.8 Å². The van der Waals surface area contributed by atoms with Crippen LogP contribution in [0.3, 0.4) is 0 Å². The molecule has 0 atom stereocenters. The number of aromatic nitrogens is 4. The Morgan fingerprint density at radius 1 is 0.291 bits per heavy atom. The van der Waals surface area contributed by atoms with E-state index in [2.05, 4.69) is 180 Å². The van der Waals surface area contributed by atoms with Gasteiger partial charge in [0.25, 0.3) is 0 Å². The summed E-state index contributed by atoms with van der Waals surface area (Å²) in [5, 5.41) is 2.24. The summed E-state index contributed by atoms with van der Waals surface area (Å²) in [4.78, 5) is 15.7. The molecule has 0 bridgehead atoms. The van der Waals surface area contributed by atoms with Gasteiger partial charge in [-0.1, -0.05) is 164 Å². The fraction of sp³-hybridized carbons (Fsp3) is 0. The van der Waals surface area contributed by atoms with Gasteiger partial charge >= 0.3 is 0 Å². The first-order chi connectivity index (χ1) is 27.3. The van der Waals surface area contributed by atoms with Crippen molar-refractivity contribution in [3.63, 3.8) is 0 Å². The fourth-order valence-electron chi connectivity index (χ4n) is 7.61. The van der Waals surface area contributed by atoms with Crippen LogP contribution >= 0.6 is 0 Å². The quantitative estimate of drug-likeness (QED) is 0.166. The predicted octanol–water partition coefficient (Wildman–Crippen LogP) is 13.0. The molecule has 2 aromatic heterocycles. The highest BCUT2D eigenvalue weighted by Gasteiger charge is 2.20. The number of benzene rings is 8. The minimum atomic E-state index is 0.621. The lowest BCUT2D eigenvalue weighted by Gasteiger charge is -2.13. The Bertz CT molecular complexity index is 2880. The molecule has 0 N–H and O–H groups in total. The standard InChI is InChI=1S/C51H34N4/c1-5-16-35(17-6-1)38-28-30-43(31-29-38)55-46-26-14-13-24-44(46)48-45(25-15-27-47(48)55)51-53-49(39-22-11-4-12-23-39)52-50(54-51)42-33-40(36-18-7-2-8-19-36)32-41(34-42)37-20-9-3-10-21-37/h1-34H. The topological polar surface area (TPSA) is 43.6 Å². The van der Waals surface area contributed by atoms with Crippen LogP contribution in [-0.4, -0.2) is 19.5 Å². The number of hydrogen-bond donors (Lipinski definition) is 0. The van der Waals surface area contributed by atoms with E-state index in [1.807, 2.05) is 30.3 Å². The van der Waals surface area contributed by atoms with Crippen LogP contribution in [0, 0.1) is 0 Å². The van der Waals surface area contributed by atoms with Crippen molar-refractivity contribution in [2.45, 2.75) is 0 Å². The second-order valence-corrected chi connectivity index (χ2v) is 13.7. The molecule has 0 unspecified atom stereocenters. The Labute approximate surface area is 319 Å². The van der Waals surface area contributed by atoms with Gasteiger partial charge in [-0.25, -0.2) is 15.0 Å². The van der Waals surface area contributed by atoms with Crippen LogP contribution in [0.2, 0.25) is 0 Å². The molecular weight excluding hydrogens is 669 g/mol. The molecule has 0 aliphatic heterocycles. The van der Waals surface area contributed by atoms with Crippen molar-refractivity contribution < 1.29 is 0 Å². The van der Waals surface area contributed by atoms with Crippen LogP contribution < -0.4 is 0 Å². The average molecular weight is 703 g/mol. The van der Waals surface area contributed by atoms with Gasteiger partial charge < -0.3 is 4.57 Å². The van der Waals surface area contributed by atoms with E-state index in [0.717, 1.165) is 66.4 Å². The molecule has 0 aliphatic rings. The van der Waals surface area contributed by atoms with Crippen LogP contribution in [0.4, 0.5) is 0 Å². The van der Waals surface area contributed by atoms with Gasteiger partial charge in [0.05, 0.1) is 11.0 Å². The molecule has 0 spiro atoms. The SMILES string of the molecule is c1ccc(-c2ccc(-n3c4ccccc4c4c(-c5nc(-c6ccccc6)nc(-c6cc(-c7ccccc7)cc(-c7ccccc7)c6)n5)cccc43)cc2)cc1. The van der Waals surface area contributed by atoms with E-state index in [1.54, 1.807) is 0 Å². The molecule has 0 saturated heterocycles. The van der Waals surface area contributed by atoms with Crippen molar-refractivity contribution in [2.24, 2.45) is 0 Å². The fourth-order valence-corrected chi connectivity index (χ4v) is 7.61. The third kappa shape index (κ3) is 6.06. The third-order valence-electron chi connectivity index (χ3n) is 10.2. The van der Waals surface area contributed by atoms with Crippen molar-refractivity contribution in [2.75, 3.05) is 0 Å². The molecule has 0 fully saturated rings. The molecule has 8 aromatic carbocycles. The first-order valence-electron chi connectivity index (χ1n) is 18.5. The Morgan fingerprint density at radius 3 is 1.33 bits per heavy atom. The summed E-state index contributed by atoms with van der Waals surface area (Å²) in [5.74, 6) is 1.88. The molecule has 0 aliphatic carbocycles. The normalized spacial score (nSPS) is 11.3. The summed E-state index contributed by atoms with van der Waals surface area (Å²) in [6.45, 7) is 0. The number of para-hydroxylation sites is 1. The molecule has 10 aromatic rings. The van der Waals surface area contributed by atoms with E-state index in [0.29, 0.717) is 17.5 Å². The van der Waals surface area contributed by atoms with Gasteiger partial charge in [-0.3, -0.25) is 0 Å². The highest BCUT2D eigenvalue weighted by atomic mass is 15.0. The monoisotopic (exact) mass is 702 g/mol. The maximum absolute atomic E-state index is 5.32. The maximum atomic E-state index is 5.32. The summed E-state index contributed by atoms with van der Waals surface area (Å²) < 4.78 is 2.35. The van der Waals surface area contributed by atoms with Gasteiger partial charge in [0.15, 0.2) is 17.5 Å². The molecule has 4 heteroatoms. The summed E-state index contributed by atoms with van der Waals surface area (Å²) in [6.07, 6.45) is 0. The van der Waals surface area contributed by atoms with Gasteiger partial charge in [0, 0.05) is 33.2 Å². The lowest BCUT2D eigenvalue weighted by molar-refractivity contribution is 1.08. The zero-order chi connectivity index (χ0) is 36.6. The van der Waals surface area contributed by atoms with E-state index >= 15 is 0 Å². The minimum absolute atomic E-state index is 0.621. The van der Waals surface area contributed by atoms with Gasteiger partial charge in [0.1, 0.15) is 0 Å². The first-order valence-corrected chi connectivity index (χ1v) is 18.5.